The lowest BCUT2D eigenvalue weighted by atomic mass is 9.96. The largest absolute Gasteiger partial charge is 0.443 e. The fourth-order valence-electron chi connectivity index (χ4n) is 5.88. The summed E-state index contributed by atoms with van der Waals surface area (Å²) in [6.07, 6.45) is 3.78. The van der Waals surface area contributed by atoms with Crippen LogP contribution in [0.5, 0.6) is 0 Å². The molecule has 2 aromatic heterocycles. The zero-order chi connectivity index (χ0) is 28.4. The van der Waals surface area contributed by atoms with Gasteiger partial charge in [-0.3, -0.25) is 14.6 Å². The van der Waals surface area contributed by atoms with Gasteiger partial charge in [0.1, 0.15) is 11.3 Å². The normalized spacial score (nSPS) is 18.3. The molecule has 10 heteroatoms. The number of aryl methyl sites for hydroxylation is 1. The maximum absolute atomic E-state index is 13.7. The Morgan fingerprint density at radius 2 is 1.90 bits per heavy atom. The van der Waals surface area contributed by atoms with Gasteiger partial charge in [0, 0.05) is 55.6 Å². The van der Waals surface area contributed by atoms with Gasteiger partial charge in [-0.05, 0) is 65.1 Å². The van der Waals surface area contributed by atoms with Gasteiger partial charge in [0.25, 0.3) is 5.91 Å². The van der Waals surface area contributed by atoms with Gasteiger partial charge in [0.15, 0.2) is 5.13 Å². The molecule has 0 unspecified atom stereocenters. The van der Waals surface area contributed by atoms with E-state index in [9.17, 15) is 9.59 Å². The second-order valence-corrected chi connectivity index (χ2v) is 13.0. The third-order valence-corrected chi connectivity index (χ3v) is 8.78. The molecule has 216 valence electrons. The average molecular weight is 567 g/mol. The smallest absolute Gasteiger partial charge is 0.419 e. The summed E-state index contributed by atoms with van der Waals surface area (Å²) in [4.78, 5) is 39.6. The molecule has 40 heavy (non-hydrogen) atoms. The molecule has 1 saturated heterocycles. The Kier molecular flexibility index (Phi) is 8.49. The summed E-state index contributed by atoms with van der Waals surface area (Å²) < 4.78 is 7.10. The van der Waals surface area contributed by atoms with Gasteiger partial charge in [0.05, 0.1) is 11.2 Å². The fraction of sp³-hybridized carbons (Fsp3) is 0.567. The maximum Gasteiger partial charge on any atom is 0.419 e. The molecule has 5 rings (SSSR count). The first-order chi connectivity index (χ1) is 19.1. The molecule has 3 aromatic rings. The van der Waals surface area contributed by atoms with Crippen LogP contribution in [-0.2, 0) is 17.6 Å². The number of ether oxygens (including phenoxy) is 1. The van der Waals surface area contributed by atoms with Crippen molar-refractivity contribution in [3.05, 3.63) is 46.6 Å². The van der Waals surface area contributed by atoms with Gasteiger partial charge in [-0.1, -0.05) is 25.1 Å². The minimum Gasteiger partial charge on any atom is -0.443 e. The summed E-state index contributed by atoms with van der Waals surface area (Å²) in [5.41, 5.74) is 7.55. The fourth-order valence-corrected chi connectivity index (χ4v) is 6.83. The van der Waals surface area contributed by atoms with E-state index in [1.807, 2.05) is 56.0 Å². The van der Waals surface area contributed by atoms with Crippen LogP contribution >= 0.6 is 11.3 Å². The minimum atomic E-state index is -0.659. The Bertz CT molecular complexity index is 1350. The number of piperazine rings is 1. The van der Waals surface area contributed by atoms with E-state index in [1.54, 1.807) is 11.3 Å². The number of aromatic nitrogens is 2. The van der Waals surface area contributed by atoms with Crippen LogP contribution in [0.2, 0.25) is 0 Å². The van der Waals surface area contributed by atoms with Crippen LogP contribution in [0.1, 0.15) is 61.6 Å². The predicted octanol–water partition coefficient (Wildman–Crippen LogP) is 4.49. The third-order valence-electron chi connectivity index (χ3n) is 7.83. The van der Waals surface area contributed by atoms with E-state index in [4.69, 9.17) is 10.5 Å². The van der Waals surface area contributed by atoms with E-state index in [0.717, 1.165) is 63.8 Å². The highest BCUT2D eigenvalue weighted by molar-refractivity contribution is 7.15. The van der Waals surface area contributed by atoms with Crippen molar-refractivity contribution in [2.75, 3.05) is 51.5 Å². The molecule has 1 aliphatic carbocycles. The van der Waals surface area contributed by atoms with E-state index >= 15 is 0 Å². The van der Waals surface area contributed by atoms with E-state index in [0.29, 0.717) is 35.5 Å². The number of fused-ring (bicyclic) bond motifs is 2. The number of benzene rings is 1. The number of nitrogens with zero attached hydrogens (tertiary/aromatic N) is 5. The first kappa shape index (κ1) is 28.6. The average Bonchev–Trinajstić information content (AvgIpc) is 3.49. The summed E-state index contributed by atoms with van der Waals surface area (Å²) in [6, 6.07) is 9.90. The molecule has 1 amide bonds. The molecule has 0 saturated carbocycles. The summed E-state index contributed by atoms with van der Waals surface area (Å²) >= 11 is 1.64. The molecular formula is C30H42N6O3S. The van der Waals surface area contributed by atoms with Gasteiger partial charge < -0.3 is 15.4 Å². The molecule has 1 atom stereocenters. The first-order valence-electron chi connectivity index (χ1n) is 14.5. The first-order valence-corrected chi connectivity index (χ1v) is 15.3. The highest BCUT2D eigenvalue weighted by atomic mass is 32.1. The number of rotatable bonds is 7. The molecule has 1 fully saturated rings. The molecule has 1 aromatic carbocycles. The topological polar surface area (TPSA) is 96.9 Å². The molecule has 2 N–H and O–H groups in total. The van der Waals surface area contributed by atoms with E-state index in [-0.39, 0.29) is 5.91 Å². The van der Waals surface area contributed by atoms with Crippen LogP contribution in [0.3, 0.4) is 0 Å². The van der Waals surface area contributed by atoms with Crippen molar-refractivity contribution in [2.45, 2.75) is 65.0 Å². The number of amides is 1. The Balaban J connectivity index is 1.20. The van der Waals surface area contributed by atoms with E-state index < -0.39 is 11.7 Å². The Labute approximate surface area is 240 Å². The quantitative estimate of drug-likeness (QED) is 0.450. The molecule has 9 nitrogen and oxygen atoms in total. The third kappa shape index (κ3) is 6.34. The standard InChI is InChI=1S/C30H42N6O3S/c1-5-12-34(22-10-11-23-26(20-22)40-28(31)32-23)16-13-33-14-17-35(18-15-33)27(37)25-19-21-8-6-7-9-24(21)36(25)29(38)39-30(2,3)4/h6-9,19,22H,5,10-18,20H2,1-4H3,(H2,31,32)/t22-/m0/s1. The van der Waals surface area contributed by atoms with Crippen LogP contribution < -0.4 is 5.73 Å². The number of para-hydroxylation sites is 1. The Morgan fingerprint density at radius 1 is 1.15 bits per heavy atom. The summed E-state index contributed by atoms with van der Waals surface area (Å²) in [6.45, 7) is 13.7. The van der Waals surface area contributed by atoms with E-state index in [2.05, 4.69) is 21.7 Å². The van der Waals surface area contributed by atoms with Crippen molar-refractivity contribution in [3.63, 3.8) is 0 Å². The lowest BCUT2D eigenvalue weighted by molar-refractivity contribution is 0.0500. The van der Waals surface area contributed by atoms with Gasteiger partial charge in [0.2, 0.25) is 0 Å². The SMILES string of the molecule is CCCN(CCN1CCN(C(=O)c2cc3ccccc3n2C(=O)OC(C)(C)C)CC1)[C@H]1CCc2nc(N)sc2C1. The second kappa shape index (κ2) is 11.9. The number of carbonyl (C=O) groups is 2. The number of nitrogens with two attached hydrogens (primary N) is 1. The van der Waals surface area contributed by atoms with Gasteiger partial charge >= 0.3 is 6.09 Å². The van der Waals surface area contributed by atoms with Crippen LogP contribution in [0.25, 0.3) is 10.9 Å². The number of anilines is 1. The summed E-state index contributed by atoms with van der Waals surface area (Å²) in [7, 11) is 0. The summed E-state index contributed by atoms with van der Waals surface area (Å²) in [5, 5.41) is 1.54. The van der Waals surface area contributed by atoms with Crippen molar-refractivity contribution in [3.8, 4) is 0 Å². The molecule has 0 radical (unpaired) electrons. The lowest BCUT2D eigenvalue weighted by Crippen LogP contribution is -2.51. The highest BCUT2D eigenvalue weighted by Crippen LogP contribution is 2.30. The molecule has 1 aliphatic heterocycles. The Morgan fingerprint density at radius 3 is 2.62 bits per heavy atom. The van der Waals surface area contributed by atoms with E-state index in [1.165, 1.54) is 15.1 Å². The zero-order valence-corrected chi connectivity index (χ0v) is 25.0. The highest BCUT2D eigenvalue weighted by Gasteiger charge is 2.30. The predicted molar refractivity (Wildman–Crippen MR) is 160 cm³/mol. The number of hydrogen-bond acceptors (Lipinski definition) is 8. The lowest BCUT2D eigenvalue weighted by Gasteiger charge is -2.38. The zero-order valence-electron chi connectivity index (χ0n) is 24.2. The van der Waals surface area contributed by atoms with Crippen molar-refractivity contribution in [2.24, 2.45) is 0 Å². The number of carbonyl (C=O) groups excluding carboxylic acids is 2. The number of thiazole rings is 1. The number of hydrogen-bond donors (Lipinski definition) is 1. The summed E-state index contributed by atoms with van der Waals surface area (Å²) in [5.74, 6) is -0.129. The molecule has 2 aliphatic rings. The minimum absolute atomic E-state index is 0.129. The second-order valence-electron chi connectivity index (χ2n) is 11.9. The molecule has 0 bridgehead atoms. The number of nitrogen functional groups attached to an aromatic ring is 1. The molecule has 3 heterocycles. The van der Waals surface area contributed by atoms with Crippen LogP contribution in [0, 0.1) is 0 Å². The van der Waals surface area contributed by atoms with Gasteiger partial charge in [-0.15, -0.1) is 11.3 Å². The van der Waals surface area contributed by atoms with Crippen molar-refractivity contribution < 1.29 is 14.3 Å². The van der Waals surface area contributed by atoms with Crippen LogP contribution in [0.4, 0.5) is 9.93 Å². The van der Waals surface area contributed by atoms with Crippen LogP contribution in [-0.4, -0.2) is 93.7 Å². The Hall–Kier alpha value is -2.95. The van der Waals surface area contributed by atoms with Crippen LogP contribution in [0.15, 0.2) is 30.3 Å². The van der Waals surface area contributed by atoms with Crippen molar-refractivity contribution in [1.82, 2.24) is 24.3 Å². The van der Waals surface area contributed by atoms with Crippen molar-refractivity contribution >= 4 is 39.4 Å². The maximum atomic E-state index is 13.7. The van der Waals surface area contributed by atoms with Gasteiger partial charge in [-0.25, -0.2) is 14.3 Å². The van der Waals surface area contributed by atoms with Crippen molar-refractivity contribution in [1.29, 1.82) is 0 Å². The van der Waals surface area contributed by atoms with Gasteiger partial charge in [-0.2, -0.15) is 0 Å². The molecular weight excluding hydrogens is 524 g/mol. The monoisotopic (exact) mass is 566 g/mol. The molecule has 0 spiro atoms.